The number of amides is 1. The molecule has 2 aromatic rings. The molecule has 0 saturated heterocycles. The topological polar surface area (TPSA) is 106 Å². The number of benzene rings is 2. The lowest BCUT2D eigenvalue weighted by molar-refractivity contribution is -0.122. The number of carbonyl (C=O) groups excluding carboxylic acids is 1. The second-order valence-electron chi connectivity index (χ2n) is 6.26. The normalized spacial score (nSPS) is 11.1. The van der Waals surface area contributed by atoms with Gasteiger partial charge in [-0.2, -0.15) is 0 Å². The van der Waals surface area contributed by atoms with Crippen molar-refractivity contribution in [2.24, 2.45) is 0 Å². The molecular weight excluding hydrogens is 394 g/mol. The summed E-state index contributed by atoms with van der Waals surface area (Å²) >= 11 is 0. The van der Waals surface area contributed by atoms with Gasteiger partial charge < -0.3 is 20.1 Å². The van der Waals surface area contributed by atoms with Gasteiger partial charge in [0.15, 0.2) is 18.1 Å². The van der Waals surface area contributed by atoms with Gasteiger partial charge in [-0.05, 0) is 23.3 Å². The van der Waals surface area contributed by atoms with Gasteiger partial charge in [0, 0.05) is 26.7 Å². The summed E-state index contributed by atoms with van der Waals surface area (Å²) in [6.07, 6.45) is 0. The van der Waals surface area contributed by atoms with Crippen molar-refractivity contribution in [2.75, 3.05) is 33.9 Å². The molecule has 2 aromatic carbocycles. The van der Waals surface area contributed by atoms with Gasteiger partial charge >= 0.3 is 0 Å². The quantitative estimate of drug-likeness (QED) is 0.442. The van der Waals surface area contributed by atoms with Crippen LogP contribution in [0.4, 0.5) is 0 Å². The SMILES string of the molecule is CNC(=O)COc1ccc(CNCCNS(=O)(=O)Cc2ccccc2)cc1OC. The Hall–Kier alpha value is -2.62. The predicted octanol–water partition coefficient (Wildman–Crippen LogP) is 1.03. The molecule has 0 aromatic heterocycles. The van der Waals surface area contributed by atoms with Crippen molar-refractivity contribution in [3.8, 4) is 11.5 Å². The third-order valence-electron chi connectivity index (χ3n) is 4.02. The summed E-state index contributed by atoms with van der Waals surface area (Å²) < 4.78 is 37.5. The minimum Gasteiger partial charge on any atom is -0.493 e. The number of sulfonamides is 1. The van der Waals surface area contributed by atoms with Crippen molar-refractivity contribution in [3.63, 3.8) is 0 Å². The second-order valence-corrected chi connectivity index (χ2v) is 8.07. The fraction of sp³-hybridized carbons (Fsp3) is 0.350. The maximum atomic E-state index is 12.1. The average Bonchev–Trinajstić information content (AvgIpc) is 2.72. The Morgan fingerprint density at radius 3 is 2.45 bits per heavy atom. The predicted molar refractivity (Wildman–Crippen MR) is 111 cm³/mol. The largest absolute Gasteiger partial charge is 0.493 e. The van der Waals surface area contributed by atoms with E-state index in [1.54, 1.807) is 25.2 Å². The summed E-state index contributed by atoms with van der Waals surface area (Å²) in [6.45, 7) is 1.21. The first-order chi connectivity index (χ1) is 13.9. The molecule has 9 heteroatoms. The van der Waals surface area contributed by atoms with E-state index >= 15 is 0 Å². The maximum absolute atomic E-state index is 12.1. The maximum Gasteiger partial charge on any atom is 0.257 e. The zero-order chi connectivity index (χ0) is 21.1. The average molecular weight is 422 g/mol. The summed E-state index contributed by atoms with van der Waals surface area (Å²) in [7, 11) is -0.301. The molecule has 2 rings (SSSR count). The summed E-state index contributed by atoms with van der Waals surface area (Å²) in [5, 5.41) is 5.67. The molecule has 0 radical (unpaired) electrons. The number of rotatable bonds is 12. The molecule has 0 heterocycles. The van der Waals surface area contributed by atoms with E-state index in [1.165, 1.54) is 7.11 Å². The third-order valence-corrected chi connectivity index (χ3v) is 5.38. The van der Waals surface area contributed by atoms with Gasteiger partial charge in [-0.3, -0.25) is 4.79 Å². The molecule has 0 aliphatic heterocycles. The van der Waals surface area contributed by atoms with Crippen molar-refractivity contribution >= 4 is 15.9 Å². The van der Waals surface area contributed by atoms with E-state index < -0.39 is 10.0 Å². The molecule has 0 atom stereocenters. The lowest BCUT2D eigenvalue weighted by Crippen LogP contribution is -2.32. The van der Waals surface area contributed by atoms with E-state index in [4.69, 9.17) is 9.47 Å². The molecule has 158 valence electrons. The molecule has 0 saturated carbocycles. The molecule has 8 nitrogen and oxygen atoms in total. The lowest BCUT2D eigenvalue weighted by Gasteiger charge is -2.12. The molecule has 0 spiro atoms. The Balaban J connectivity index is 1.76. The summed E-state index contributed by atoms with van der Waals surface area (Å²) in [4.78, 5) is 11.3. The molecule has 0 bridgehead atoms. The molecule has 0 aliphatic rings. The third kappa shape index (κ3) is 8.10. The number of ether oxygens (including phenoxy) is 2. The molecule has 3 N–H and O–H groups in total. The minimum absolute atomic E-state index is 0.0391. The highest BCUT2D eigenvalue weighted by molar-refractivity contribution is 7.88. The van der Waals surface area contributed by atoms with Gasteiger partial charge in [0.2, 0.25) is 10.0 Å². The fourth-order valence-electron chi connectivity index (χ4n) is 2.53. The van der Waals surface area contributed by atoms with E-state index in [1.807, 2.05) is 30.3 Å². The Bertz CT molecular complexity index is 888. The van der Waals surface area contributed by atoms with Crippen LogP contribution in [0, 0.1) is 0 Å². The number of likely N-dealkylation sites (N-methyl/N-ethyl adjacent to an activating group) is 1. The molecular formula is C20H27N3O5S. The molecule has 0 fully saturated rings. The van der Waals surface area contributed by atoms with E-state index in [9.17, 15) is 13.2 Å². The zero-order valence-electron chi connectivity index (χ0n) is 16.6. The van der Waals surface area contributed by atoms with Crippen molar-refractivity contribution in [1.82, 2.24) is 15.4 Å². The molecule has 0 unspecified atom stereocenters. The monoisotopic (exact) mass is 421 g/mol. The molecule has 29 heavy (non-hydrogen) atoms. The number of carbonyl (C=O) groups is 1. The lowest BCUT2D eigenvalue weighted by atomic mass is 10.2. The van der Waals surface area contributed by atoms with Crippen molar-refractivity contribution in [1.29, 1.82) is 0 Å². The zero-order valence-corrected chi connectivity index (χ0v) is 17.4. The highest BCUT2D eigenvalue weighted by atomic mass is 32.2. The first-order valence-electron chi connectivity index (χ1n) is 9.16. The van der Waals surface area contributed by atoms with Crippen LogP contribution in [0.1, 0.15) is 11.1 Å². The van der Waals surface area contributed by atoms with E-state index in [0.717, 1.165) is 11.1 Å². The Morgan fingerprint density at radius 2 is 1.76 bits per heavy atom. The van der Waals surface area contributed by atoms with Crippen LogP contribution < -0.4 is 24.8 Å². The number of nitrogens with one attached hydrogen (secondary N) is 3. The van der Waals surface area contributed by atoms with Gasteiger partial charge in [-0.1, -0.05) is 36.4 Å². The van der Waals surface area contributed by atoms with Crippen LogP contribution in [-0.4, -0.2) is 48.2 Å². The van der Waals surface area contributed by atoms with Crippen LogP contribution in [0.15, 0.2) is 48.5 Å². The standard InChI is InChI=1S/C20H27N3O5S/c1-21-20(24)14-28-18-9-8-17(12-19(18)27-2)13-22-10-11-23-29(25,26)15-16-6-4-3-5-7-16/h3-9,12,22-23H,10-11,13-15H2,1-2H3,(H,21,24). The van der Waals surface area contributed by atoms with Crippen molar-refractivity contribution in [3.05, 3.63) is 59.7 Å². The fourth-order valence-corrected chi connectivity index (χ4v) is 3.68. The highest BCUT2D eigenvalue weighted by Gasteiger charge is 2.11. The number of hydrogen-bond acceptors (Lipinski definition) is 6. The minimum atomic E-state index is -3.37. The molecule has 1 amide bonds. The summed E-state index contributed by atoms with van der Waals surface area (Å²) in [5.74, 6) is 0.737. The smallest absolute Gasteiger partial charge is 0.257 e. The van der Waals surface area contributed by atoms with Crippen LogP contribution >= 0.6 is 0 Å². The van der Waals surface area contributed by atoms with Crippen LogP contribution in [0.25, 0.3) is 0 Å². The summed E-state index contributed by atoms with van der Waals surface area (Å²) in [5.41, 5.74) is 1.69. The first-order valence-corrected chi connectivity index (χ1v) is 10.8. The van der Waals surface area contributed by atoms with Crippen LogP contribution in [0.5, 0.6) is 11.5 Å². The van der Waals surface area contributed by atoms with Gasteiger partial charge in [-0.15, -0.1) is 0 Å². The highest BCUT2D eigenvalue weighted by Crippen LogP contribution is 2.27. The second kappa shape index (κ2) is 11.4. The Labute approximate surface area is 171 Å². The van der Waals surface area contributed by atoms with E-state index in [2.05, 4.69) is 15.4 Å². The van der Waals surface area contributed by atoms with E-state index in [-0.39, 0.29) is 18.3 Å². The van der Waals surface area contributed by atoms with Gasteiger partial charge in [0.1, 0.15) is 0 Å². The van der Waals surface area contributed by atoms with Gasteiger partial charge in [0.25, 0.3) is 5.91 Å². The van der Waals surface area contributed by atoms with E-state index in [0.29, 0.717) is 31.1 Å². The summed E-state index contributed by atoms with van der Waals surface area (Å²) in [6, 6.07) is 14.5. The van der Waals surface area contributed by atoms with Crippen molar-refractivity contribution < 1.29 is 22.7 Å². The van der Waals surface area contributed by atoms with Gasteiger partial charge in [0.05, 0.1) is 12.9 Å². The van der Waals surface area contributed by atoms with Crippen molar-refractivity contribution in [2.45, 2.75) is 12.3 Å². The first kappa shape index (κ1) is 22.7. The number of methoxy groups -OCH3 is 1. The Kier molecular flexibility index (Phi) is 8.91. The number of hydrogen-bond donors (Lipinski definition) is 3. The Morgan fingerprint density at radius 1 is 1.00 bits per heavy atom. The van der Waals surface area contributed by atoms with Crippen LogP contribution in [-0.2, 0) is 27.1 Å². The van der Waals surface area contributed by atoms with Gasteiger partial charge in [-0.25, -0.2) is 13.1 Å². The van der Waals surface area contributed by atoms with Crippen LogP contribution in [0.2, 0.25) is 0 Å². The van der Waals surface area contributed by atoms with Crippen LogP contribution in [0.3, 0.4) is 0 Å². The molecule has 0 aliphatic carbocycles.